The molecule has 27 heavy (non-hydrogen) atoms. The second-order valence-electron chi connectivity index (χ2n) is 6.97. The predicted molar refractivity (Wildman–Crippen MR) is 101 cm³/mol. The maximum Gasteiger partial charge on any atom is 0.258 e. The Labute approximate surface area is 158 Å². The van der Waals surface area contributed by atoms with Gasteiger partial charge in [0.25, 0.3) is 5.91 Å². The molecule has 1 fully saturated rings. The number of anilines is 1. The number of carbonyl (C=O) groups is 1. The highest BCUT2D eigenvalue weighted by Crippen LogP contribution is 2.30. The Morgan fingerprint density at radius 1 is 0.963 bits per heavy atom. The first kappa shape index (κ1) is 18.1. The number of hydrogen-bond donors (Lipinski definition) is 0. The van der Waals surface area contributed by atoms with Crippen molar-refractivity contribution in [1.29, 1.82) is 0 Å². The first-order chi connectivity index (χ1) is 13.0. The van der Waals surface area contributed by atoms with Crippen LogP contribution in [0.4, 0.5) is 10.1 Å². The third-order valence-corrected chi connectivity index (χ3v) is 7.12. The summed E-state index contributed by atoms with van der Waals surface area (Å²) in [6.07, 6.45) is 3.41. The van der Waals surface area contributed by atoms with Crippen molar-refractivity contribution in [1.82, 2.24) is 4.31 Å². The molecule has 5 nitrogen and oxygen atoms in total. The zero-order valence-corrected chi connectivity index (χ0v) is 15.7. The van der Waals surface area contributed by atoms with E-state index >= 15 is 0 Å². The zero-order valence-electron chi connectivity index (χ0n) is 14.9. The molecule has 2 aliphatic rings. The van der Waals surface area contributed by atoms with Crippen LogP contribution >= 0.6 is 0 Å². The summed E-state index contributed by atoms with van der Waals surface area (Å²) >= 11 is 0. The normalized spacial score (nSPS) is 17.7. The molecule has 0 aliphatic carbocycles. The quantitative estimate of drug-likeness (QED) is 0.811. The van der Waals surface area contributed by atoms with Crippen molar-refractivity contribution in [2.24, 2.45) is 0 Å². The van der Waals surface area contributed by atoms with Crippen molar-refractivity contribution < 1.29 is 17.6 Å². The summed E-state index contributed by atoms with van der Waals surface area (Å²) in [5.41, 5.74) is 1.77. The number of sulfonamides is 1. The molecule has 0 aromatic heterocycles. The number of halogens is 1. The van der Waals surface area contributed by atoms with Crippen molar-refractivity contribution in [2.45, 2.75) is 30.6 Å². The van der Waals surface area contributed by atoms with Crippen molar-refractivity contribution >= 4 is 21.6 Å². The van der Waals surface area contributed by atoms with Crippen LogP contribution in [0.15, 0.2) is 47.4 Å². The summed E-state index contributed by atoms with van der Waals surface area (Å²) in [6.45, 7) is 1.49. The van der Waals surface area contributed by atoms with Gasteiger partial charge in [-0.05, 0) is 55.2 Å². The third kappa shape index (κ3) is 3.37. The minimum Gasteiger partial charge on any atom is -0.308 e. The van der Waals surface area contributed by atoms with Crippen LogP contribution in [0.1, 0.15) is 35.2 Å². The average molecular weight is 388 g/mol. The van der Waals surface area contributed by atoms with E-state index < -0.39 is 15.8 Å². The van der Waals surface area contributed by atoms with E-state index in [0.717, 1.165) is 24.8 Å². The van der Waals surface area contributed by atoms with Crippen LogP contribution in [0.2, 0.25) is 0 Å². The SMILES string of the molecule is O=C(c1cccc(S(=O)(=O)N2CCCCC2)c1)N1CCc2ccc(F)cc21. The van der Waals surface area contributed by atoms with Crippen LogP contribution in [0.3, 0.4) is 0 Å². The molecule has 1 amide bonds. The van der Waals surface area contributed by atoms with Gasteiger partial charge in [0.1, 0.15) is 5.82 Å². The number of rotatable bonds is 3. The Kier molecular flexibility index (Phi) is 4.74. The molecular formula is C20H21FN2O3S. The molecule has 1 saturated heterocycles. The van der Waals surface area contributed by atoms with Gasteiger partial charge in [-0.2, -0.15) is 4.31 Å². The average Bonchev–Trinajstić information content (AvgIpc) is 3.11. The summed E-state index contributed by atoms with van der Waals surface area (Å²) in [4.78, 5) is 14.6. The Hall–Kier alpha value is -2.25. The van der Waals surface area contributed by atoms with E-state index in [-0.39, 0.29) is 10.8 Å². The largest absolute Gasteiger partial charge is 0.308 e. The van der Waals surface area contributed by atoms with E-state index in [1.807, 2.05) is 0 Å². The third-order valence-electron chi connectivity index (χ3n) is 5.22. The molecule has 0 saturated carbocycles. The lowest BCUT2D eigenvalue weighted by atomic mass is 10.1. The molecule has 0 radical (unpaired) electrons. The smallest absolute Gasteiger partial charge is 0.258 e. The molecule has 0 unspecified atom stereocenters. The highest BCUT2D eigenvalue weighted by molar-refractivity contribution is 7.89. The van der Waals surface area contributed by atoms with Crippen molar-refractivity contribution in [3.63, 3.8) is 0 Å². The number of amides is 1. The number of nitrogens with zero attached hydrogens (tertiary/aromatic N) is 2. The summed E-state index contributed by atoms with van der Waals surface area (Å²) < 4.78 is 40.8. The fourth-order valence-electron chi connectivity index (χ4n) is 3.76. The van der Waals surface area contributed by atoms with Crippen LogP contribution in [-0.4, -0.2) is 38.3 Å². The molecule has 142 valence electrons. The first-order valence-electron chi connectivity index (χ1n) is 9.17. The van der Waals surface area contributed by atoms with Gasteiger partial charge in [0, 0.05) is 25.2 Å². The van der Waals surface area contributed by atoms with Gasteiger partial charge in [-0.25, -0.2) is 12.8 Å². The highest BCUT2D eigenvalue weighted by atomic mass is 32.2. The number of fused-ring (bicyclic) bond motifs is 1. The first-order valence-corrected chi connectivity index (χ1v) is 10.6. The van der Waals surface area contributed by atoms with E-state index in [9.17, 15) is 17.6 Å². The Balaban J connectivity index is 1.64. The number of piperidine rings is 1. The van der Waals surface area contributed by atoms with Crippen LogP contribution < -0.4 is 4.90 Å². The molecule has 0 spiro atoms. The van der Waals surface area contributed by atoms with Gasteiger partial charge in [-0.3, -0.25) is 4.79 Å². The van der Waals surface area contributed by atoms with Gasteiger partial charge in [-0.15, -0.1) is 0 Å². The molecule has 0 atom stereocenters. The van der Waals surface area contributed by atoms with Crippen LogP contribution in [0.25, 0.3) is 0 Å². The Morgan fingerprint density at radius 2 is 1.74 bits per heavy atom. The van der Waals surface area contributed by atoms with Gasteiger partial charge in [-0.1, -0.05) is 18.6 Å². The maximum absolute atomic E-state index is 13.6. The topological polar surface area (TPSA) is 57.7 Å². The van der Waals surface area contributed by atoms with Crippen molar-refractivity contribution in [3.8, 4) is 0 Å². The van der Waals surface area contributed by atoms with Crippen LogP contribution in [0.5, 0.6) is 0 Å². The van der Waals surface area contributed by atoms with Gasteiger partial charge >= 0.3 is 0 Å². The van der Waals surface area contributed by atoms with E-state index in [2.05, 4.69) is 0 Å². The fraction of sp³-hybridized carbons (Fsp3) is 0.350. The lowest BCUT2D eigenvalue weighted by Crippen LogP contribution is -2.35. The molecule has 0 bridgehead atoms. The number of carbonyl (C=O) groups excluding carboxylic acids is 1. The van der Waals surface area contributed by atoms with E-state index in [1.165, 1.54) is 33.5 Å². The second kappa shape index (κ2) is 7.05. The second-order valence-corrected chi connectivity index (χ2v) is 8.91. The lowest BCUT2D eigenvalue weighted by molar-refractivity contribution is 0.0989. The molecule has 2 aliphatic heterocycles. The maximum atomic E-state index is 13.6. The standard InChI is InChI=1S/C20H21FN2O3S/c21-17-8-7-15-9-12-23(19(15)14-17)20(24)16-5-4-6-18(13-16)27(25,26)22-10-2-1-3-11-22/h4-8,13-14H,1-3,9-12H2. The summed E-state index contributed by atoms with van der Waals surface area (Å²) in [6, 6.07) is 10.6. The summed E-state index contributed by atoms with van der Waals surface area (Å²) in [7, 11) is -3.61. The Morgan fingerprint density at radius 3 is 2.52 bits per heavy atom. The van der Waals surface area contributed by atoms with Gasteiger partial charge in [0.05, 0.1) is 10.6 Å². The summed E-state index contributed by atoms with van der Waals surface area (Å²) in [5.74, 6) is -0.704. The van der Waals surface area contributed by atoms with E-state index in [0.29, 0.717) is 37.3 Å². The summed E-state index contributed by atoms with van der Waals surface area (Å²) in [5, 5.41) is 0. The van der Waals surface area contributed by atoms with Crippen LogP contribution in [-0.2, 0) is 16.4 Å². The van der Waals surface area contributed by atoms with Crippen molar-refractivity contribution in [2.75, 3.05) is 24.5 Å². The molecule has 7 heteroatoms. The monoisotopic (exact) mass is 388 g/mol. The molecule has 4 rings (SSSR count). The van der Waals surface area contributed by atoms with E-state index in [4.69, 9.17) is 0 Å². The molecule has 2 heterocycles. The van der Waals surface area contributed by atoms with Gasteiger partial charge < -0.3 is 4.90 Å². The minimum atomic E-state index is -3.61. The highest BCUT2D eigenvalue weighted by Gasteiger charge is 2.29. The molecule has 2 aromatic rings. The lowest BCUT2D eigenvalue weighted by Gasteiger charge is -2.26. The minimum absolute atomic E-state index is 0.133. The van der Waals surface area contributed by atoms with E-state index in [1.54, 1.807) is 18.2 Å². The number of hydrogen-bond acceptors (Lipinski definition) is 3. The van der Waals surface area contributed by atoms with Crippen LogP contribution in [0, 0.1) is 5.82 Å². The Bertz CT molecular complexity index is 984. The molecule has 0 N–H and O–H groups in total. The van der Waals surface area contributed by atoms with Gasteiger partial charge in [0.2, 0.25) is 10.0 Å². The van der Waals surface area contributed by atoms with Gasteiger partial charge in [0.15, 0.2) is 0 Å². The fourth-order valence-corrected chi connectivity index (χ4v) is 5.33. The molecular weight excluding hydrogens is 367 g/mol. The number of benzene rings is 2. The molecule has 2 aromatic carbocycles. The van der Waals surface area contributed by atoms with Crippen molar-refractivity contribution in [3.05, 3.63) is 59.4 Å². The predicted octanol–water partition coefficient (Wildman–Crippen LogP) is 3.20. The zero-order chi connectivity index (χ0) is 19.0.